The summed E-state index contributed by atoms with van der Waals surface area (Å²) in [4.78, 5) is 25.5. The van der Waals surface area contributed by atoms with Gasteiger partial charge in [0.25, 0.3) is 0 Å². The molecular weight excluding hydrogens is 576 g/mol. The zero-order chi connectivity index (χ0) is 27.8. The average Bonchev–Trinajstić information content (AvgIpc) is 2.85. The number of likely N-dealkylation sites (tertiary alicyclic amines) is 1. The zero-order valence-corrected chi connectivity index (χ0v) is 26.4. The summed E-state index contributed by atoms with van der Waals surface area (Å²) >= 11 is 18.5. The van der Waals surface area contributed by atoms with Gasteiger partial charge in [-0.2, -0.15) is 0 Å². The van der Waals surface area contributed by atoms with Crippen LogP contribution in [0.3, 0.4) is 0 Å². The number of carbonyl (C=O) groups excluding carboxylic acids is 2. The summed E-state index contributed by atoms with van der Waals surface area (Å²) in [5, 5.41) is 0.881. The lowest BCUT2D eigenvalue weighted by Gasteiger charge is -2.33. The lowest BCUT2D eigenvalue weighted by molar-refractivity contribution is -0.149. The minimum absolute atomic E-state index is 0.156. The highest BCUT2D eigenvalue weighted by molar-refractivity contribution is 8.68. The Labute approximate surface area is 241 Å². The molecule has 0 aliphatic carbocycles. The number of amides is 1. The molecule has 1 amide bonds. The Hall–Kier alpha value is -0.540. The van der Waals surface area contributed by atoms with E-state index in [0.717, 1.165) is 32.2 Å². The molecule has 0 bridgehead atoms. The van der Waals surface area contributed by atoms with Gasteiger partial charge < -0.3 is 23.4 Å². The van der Waals surface area contributed by atoms with Crippen molar-refractivity contribution in [2.24, 2.45) is 0 Å². The van der Waals surface area contributed by atoms with Gasteiger partial charge >= 0.3 is 5.97 Å². The number of hydrogen-bond donors (Lipinski definition) is 0. The maximum Gasteiger partial charge on any atom is 0.344 e. The third kappa shape index (κ3) is 14.4. The molecule has 12 heteroatoms. The van der Waals surface area contributed by atoms with E-state index in [1.807, 2.05) is 18.7 Å². The van der Waals surface area contributed by atoms with Crippen molar-refractivity contribution in [1.82, 2.24) is 4.90 Å². The first kappa shape index (κ1) is 34.5. The summed E-state index contributed by atoms with van der Waals surface area (Å²) in [7, 11) is 0. The molecule has 1 aromatic carbocycles. The van der Waals surface area contributed by atoms with E-state index in [9.17, 15) is 9.59 Å². The van der Waals surface area contributed by atoms with Gasteiger partial charge in [-0.1, -0.05) is 48.4 Å². The summed E-state index contributed by atoms with van der Waals surface area (Å²) < 4.78 is 21.6. The largest absolute Gasteiger partial charge is 0.480 e. The van der Waals surface area contributed by atoms with Gasteiger partial charge in [0.05, 0.1) is 30.1 Å². The van der Waals surface area contributed by atoms with Crippen LogP contribution in [0.25, 0.3) is 0 Å². The summed E-state index contributed by atoms with van der Waals surface area (Å²) in [5.41, 5.74) is -2.37. The molecule has 0 saturated carbocycles. The highest BCUT2D eigenvalue weighted by Crippen LogP contribution is 2.61. The van der Waals surface area contributed by atoms with Crippen LogP contribution in [-0.2, 0) is 35.2 Å². The third-order valence-corrected chi connectivity index (χ3v) is 10.8. The number of rotatable bonds is 13. The molecule has 1 fully saturated rings. The highest BCUT2D eigenvalue weighted by atomic mass is 35.5. The van der Waals surface area contributed by atoms with Crippen LogP contribution in [0.4, 0.5) is 0 Å². The maximum atomic E-state index is 12.4. The van der Waals surface area contributed by atoms with Crippen LogP contribution in [0.2, 0.25) is 10.0 Å². The first-order valence-electron chi connectivity index (χ1n) is 12.6. The van der Waals surface area contributed by atoms with Crippen LogP contribution in [0.1, 0.15) is 66.7 Å². The smallest absolute Gasteiger partial charge is 0.344 e. The molecule has 1 aliphatic heterocycles. The number of carbonyl (C=O) groups is 2. The molecule has 1 atom stereocenters. The van der Waals surface area contributed by atoms with Crippen LogP contribution in [0.15, 0.2) is 18.2 Å². The highest BCUT2D eigenvalue weighted by Gasteiger charge is 2.27. The summed E-state index contributed by atoms with van der Waals surface area (Å²) in [6.45, 7) is 11.7. The molecule has 1 aliphatic rings. The Morgan fingerprint density at radius 3 is 2.35 bits per heavy atom. The van der Waals surface area contributed by atoms with Gasteiger partial charge in [-0.3, -0.25) is 4.79 Å². The third-order valence-electron chi connectivity index (χ3n) is 4.98. The molecule has 2 rings (SSSR count). The number of piperidine rings is 1. The van der Waals surface area contributed by atoms with Gasteiger partial charge in [-0.05, 0) is 82.9 Å². The predicted molar refractivity (Wildman–Crippen MR) is 157 cm³/mol. The van der Waals surface area contributed by atoms with Crippen molar-refractivity contribution in [1.29, 1.82) is 0 Å². The van der Waals surface area contributed by atoms with Crippen molar-refractivity contribution in [2.75, 3.05) is 32.1 Å². The summed E-state index contributed by atoms with van der Waals surface area (Å²) in [6.07, 6.45) is 5.08. The SMILES string of the molecule is CC(C)OC(=O)COc1ccc(Cl)cc1Cl.CCCOP(=S)(OCCC)SCC(=O)N1CCCCC1C. The van der Waals surface area contributed by atoms with Crippen LogP contribution in [0, 0.1) is 0 Å². The molecule has 1 unspecified atom stereocenters. The fraction of sp³-hybridized carbons (Fsp3) is 0.680. The summed E-state index contributed by atoms with van der Waals surface area (Å²) in [5.74, 6) is 0.518. The van der Waals surface area contributed by atoms with Crippen LogP contribution in [-0.4, -0.2) is 61.0 Å². The fourth-order valence-electron chi connectivity index (χ4n) is 3.23. The first-order valence-corrected chi connectivity index (χ1v) is 17.6. The fourth-order valence-corrected chi connectivity index (χ4v) is 7.78. The molecule has 0 N–H and O–H groups in total. The second kappa shape index (κ2) is 18.7. The molecular formula is C25H40Cl2NO6PS2. The molecule has 7 nitrogen and oxygen atoms in total. The van der Waals surface area contributed by atoms with Gasteiger partial charge in [0.2, 0.25) is 11.6 Å². The maximum absolute atomic E-state index is 12.4. The zero-order valence-electron chi connectivity index (χ0n) is 22.4. The number of benzene rings is 1. The van der Waals surface area contributed by atoms with E-state index in [0.29, 0.717) is 40.8 Å². The van der Waals surface area contributed by atoms with E-state index in [1.165, 1.54) is 17.8 Å². The van der Waals surface area contributed by atoms with Gasteiger partial charge in [-0.15, -0.1) is 0 Å². The number of halogens is 2. The van der Waals surface area contributed by atoms with Crippen molar-refractivity contribution < 1.29 is 28.1 Å². The standard InChI is InChI=1S/C14H28NO3PS2.C11H12Cl2O3/c1-4-10-17-19(20,18-11-5-2)21-12-14(16)15-9-7-6-8-13(15)3;1-7(2)16-11(14)6-15-10-4-3-8(12)5-9(10)13/h13H,4-12H2,1-3H3;3-5,7H,6H2,1-2H3. The quantitative estimate of drug-likeness (QED) is 0.166. The Kier molecular flexibility index (Phi) is 17.4. The number of hydrogen-bond acceptors (Lipinski definition) is 8. The second-order valence-corrected chi connectivity index (χ2v) is 15.9. The minimum Gasteiger partial charge on any atom is -0.480 e. The lowest BCUT2D eigenvalue weighted by atomic mass is 10.0. The van der Waals surface area contributed by atoms with E-state index in [1.54, 1.807) is 32.0 Å². The van der Waals surface area contributed by atoms with Gasteiger partial charge in [-0.25, -0.2) is 4.79 Å². The second-order valence-electron chi connectivity index (χ2n) is 8.72. The topological polar surface area (TPSA) is 74.3 Å². The number of ether oxygens (including phenoxy) is 2. The minimum atomic E-state index is -2.37. The first-order chi connectivity index (χ1) is 17.5. The molecule has 0 aromatic heterocycles. The number of esters is 1. The Bertz CT molecular complexity index is 881. The van der Waals surface area contributed by atoms with Gasteiger partial charge in [0, 0.05) is 17.6 Å². The van der Waals surface area contributed by atoms with Crippen molar-refractivity contribution in [3.05, 3.63) is 28.2 Å². The van der Waals surface area contributed by atoms with E-state index in [-0.39, 0.29) is 18.6 Å². The Balaban J connectivity index is 0.000000384. The molecule has 1 saturated heterocycles. The molecule has 0 spiro atoms. The molecule has 37 heavy (non-hydrogen) atoms. The van der Waals surface area contributed by atoms with E-state index >= 15 is 0 Å². The number of nitrogens with zero attached hydrogens (tertiary/aromatic N) is 1. The summed E-state index contributed by atoms with van der Waals surface area (Å²) in [6, 6.07) is 5.13. The lowest BCUT2D eigenvalue weighted by Crippen LogP contribution is -2.42. The van der Waals surface area contributed by atoms with Crippen LogP contribution < -0.4 is 4.74 Å². The molecule has 1 aromatic rings. The normalized spacial score (nSPS) is 15.7. The van der Waals surface area contributed by atoms with Gasteiger partial charge in [0.1, 0.15) is 5.75 Å². The van der Waals surface area contributed by atoms with Crippen molar-refractivity contribution >= 4 is 64.0 Å². The molecule has 1 heterocycles. The van der Waals surface area contributed by atoms with Crippen molar-refractivity contribution in [2.45, 2.75) is 78.9 Å². The van der Waals surface area contributed by atoms with E-state index < -0.39 is 11.7 Å². The van der Waals surface area contributed by atoms with E-state index in [2.05, 4.69) is 6.92 Å². The van der Waals surface area contributed by atoms with Crippen LogP contribution >= 0.6 is 40.3 Å². The molecule has 0 radical (unpaired) electrons. The predicted octanol–water partition coefficient (Wildman–Crippen LogP) is 7.52. The molecule has 212 valence electrons. The monoisotopic (exact) mass is 615 g/mol. The van der Waals surface area contributed by atoms with E-state index in [4.69, 9.17) is 53.5 Å². The van der Waals surface area contributed by atoms with Crippen LogP contribution in [0.5, 0.6) is 5.75 Å². The van der Waals surface area contributed by atoms with Crippen molar-refractivity contribution in [3.63, 3.8) is 0 Å². The Morgan fingerprint density at radius 2 is 1.81 bits per heavy atom. The van der Waals surface area contributed by atoms with Gasteiger partial charge in [0.15, 0.2) is 6.61 Å². The average molecular weight is 617 g/mol. The Morgan fingerprint density at radius 1 is 1.16 bits per heavy atom. The van der Waals surface area contributed by atoms with Crippen molar-refractivity contribution in [3.8, 4) is 5.75 Å².